The molecule has 1 amide bonds. The highest BCUT2D eigenvalue weighted by Gasteiger charge is 2.27. The number of ether oxygens (including phenoxy) is 1. The second kappa shape index (κ2) is 7.36. The molecule has 0 aromatic heterocycles. The van der Waals surface area contributed by atoms with Crippen molar-refractivity contribution in [3.05, 3.63) is 29.8 Å². The van der Waals surface area contributed by atoms with E-state index >= 15 is 0 Å². The van der Waals surface area contributed by atoms with Gasteiger partial charge in [0.25, 0.3) is 5.91 Å². The average Bonchev–Trinajstić information content (AvgIpc) is 2.86. The van der Waals surface area contributed by atoms with Crippen molar-refractivity contribution >= 4 is 18.3 Å². The first-order valence-electron chi connectivity index (χ1n) is 6.39. The minimum absolute atomic E-state index is 0. The summed E-state index contributed by atoms with van der Waals surface area (Å²) in [4.78, 5) is 12.1. The smallest absolute Gasteiger partial charge is 0.251 e. The van der Waals surface area contributed by atoms with Crippen LogP contribution in [0.2, 0.25) is 0 Å². The summed E-state index contributed by atoms with van der Waals surface area (Å²) in [5, 5.41) is 3.07. The first-order chi connectivity index (χ1) is 8.74. The van der Waals surface area contributed by atoms with Gasteiger partial charge in [0.2, 0.25) is 0 Å². The van der Waals surface area contributed by atoms with Gasteiger partial charge in [0.15, 0.2) is 0 Å². The molecule has 1 aromatic rings. The van der Waals surface area contributed by atoms with Crippen LogP contribution in [-0.4, -0.2) is 25.6 Å². The molecule has 3 N–H and O–H groups in total. The summed E-state index contributed by atoms with van der Waals surface area (Å²) in [5.41, 5.74) is 6.35. The lowest BCUT2D eigenvalue weighted by Crippen LogP contribution is -2.39. The van der Waals surface area contributed by atoms with Crippen LogP contribution < -0.4 is 15.8 Å². The first kappa shape index (κ1) is 15.8. The fraction of sp³-hybridized carbons (Fsp3) is 0.500. The highest BCUT2D eigenvalue weighted by molar-refractivity contribution is 5.94. The summed E-state index contributed by atoms with van der Waals surface area (Å²) in [7, 11) is 1.60. The second-order valence-corrected chi connectivity index (χ2v) is 4.74. The van der Waals surface area contributed by atoms with Crippen molar-refractivity contribution in [3.8, 4) is 5.75 Å². The number of hydrogen-bond donors (Lipinski definition) is 2. The predicted octanol–water partition coefficient (Wildman–Crippen LogP) is 1.97. The van der Waals surface area contributed by atoms with Gasteiger partial charge in [-0.25, -0.2) is 0 Å². The van der Waals surface area contributed by atoms with Crippen LogP contribution in [0.4, 0.5) is 0 Å². The van der Waals surface area contributed by atoms with Crippen molar-refractivity contribution in [1.29, 1.82) is 0 Å². The van der Waals surface area contributed by atoms with E-state index < -0.39 is 0 Å². The lowest BCUT2D eigenvalue weighted by atomic mass is 10.0. The minimum atomic E-state index is -0.0424. The molecular weight excluding hydrogens is 264 g/mol. The molecule has 0 heterocycles. The molecule has 4 nitrogen and oxygen atoms in total. The minimum Gasteiger partial charge on any atom is -0.497 e. The summed E-state index contributed by atoms with van der Waals surface area (Å²) in [5.74, 6) is 1.07. The van der Waals surface area contributed by atoms with Crippen LogP contribution >= 0.6 is 12.4 Å². The van der Waals surface area contributed by atoms with Crippen LogP contribution in [0.5, 0.6) is 5.75 Å². The number of nitrogens with one attached hydrogen (secondary N) is 1. The van der Waals surface area contributed by atoms with Crippen LogP contribution in [0.1, 0.15) is 29.6 Å². The van der Waals surface area contributed by atoms with E-state index in [9.17, 15) is 4.79 Å². The van der Waals surface area contributed by atoms with Crippen molar-refractivity contribution in [2.45, 2.75) is 25.3 Å². The van der Waals surface area contributed by atoms with Gasteiger partial charge in [-0.15, -0.1) is 12.4 Å². The Hall–Kier alpha value is -1.26. The number of halogens is 1. The van der Waals surface area contributed by atoms with Gasteiger partial charge in [-0.2, -0.15) is 0 Å². The molecule has 1 saturated carbocycles. The van der Waals surface area contributed by atoms with E-state index in [0.29, 0.717) is 23.8 Å². The standard InChI is InChI=1S/C14H20N2O2.ClH/c1-18-12-6-2-4-10(8-12)14(17)16-13-7-3-5-11(13)9-15;/h2,4,6,8,11,13H,3,5,7,9,15H2,1H3,(H,16,17);1H. The molecule has 0 saturated heterocycles. The van der Waals surface area contributed by atoms with E-state index in [4.69, 9.17) is 10.5 Å². The SMILES string of the molecule is COc1cccc(C(=O)NC2CCCC2CN)c1.Cl. The second-order valence-electron chi connectivity index (χ2n) is 4.74. The number of benzene rings is 1. The molecule has 0 aliphatic heterocycles. The molecule has 2 rings (SSSR count). The first-order valence-corrected chi connectivity index (χ1v) is 6.39. The van der Waals surface area contributed by atoms with E-state index in [1.165, 1.54) is 0 Å². The lowest BCUT2D eigenvalue weighted by molar-refractivity contribution is 0.0928. The van der Waals surface area contributed by atoms with E-state index in [-0.39, 0.29) is 24.4 Å². The molecule has 1 fully saturated rings. The number of nitrogens with two attached hydrogens (primary N) is 1. The Morgan fingerprint density at radius 3 is 2.95 bits per heavy atom. The Balaban J connectivity index is 0.00000180. The highest BCUT2D eigenvalue weighted by Crippen LogP contribution is 2.25. The third kappa shape index (κ3) is 3.85. The molecule has 106 valence electrons. The van der Waals surface area contributed by atoms with Gasteiger partial charge >= 0.3 is 0 Å². The van der Waals surface area contributed by atoms with E-state index in [2.05, 4.69) is 5.32 Å². The number of carbonyl (C=O) groups is 1. The quantitative estimate of drug-likeness (QED) is 0.888. The number of hydrogen-bond acceptors (Lipinski definition) is 3. The third-order valence-electron chi connectivity index (χ3n) is 3.61. The molecule has 2 unspecified atom stereocenters. The Bertz CT molecular complexity index is 426. The number of carbonyl (C=O) groups excluding carboxylic acids is 1. The largest absolute Gasteiger partial charge is 0.497 e. The molecule has 0 spiro atoms. The molecule has 0 radical (unpaired) electrons. The zero-order valence-corrected chi connectivity index (χ0v) is 11.9. The molecule has 1 aliphatic carbocycles. The maximum absolute atomic E-state index is 12.1. The molecule has 2 atom stereocenters. The van der Waals surface area contributed by atoms with Crippen molar-refractivity contribution in [2.75, 3.05) is 13.7 Å². The number of amides is 1. The Morgan fingerprint density at radius 1 is 1.47 bits per heavy atom. The number of rotatable bonds is 4. The lowest BCUT2D eigenvalue weighted by Gasteiger charge is -2.19. The summed E-state index contributed by atoms with van der Waals surface area (Å²) >= 11 is 0. The maximum Gasteiger partial charge on any atom is 0.251 e. The average molecular weight is 285 g/mol. The van der Waals surface area contributed by atoms with Gasteiger partial charge in [-0.3, -0.25) is 4.79 Å². The summed E-state index contributed by atoms with van der Waals surface area (Å²) in [6.07, 6.45) is 3.28. The van der Waals surface area contributed by atoms with Crippen molar-refractivity contribution in [2.24, 2.45) is 11.7 Å². The summed E-state index contributed by atoms with van der Waals surface area (Å²) in [6.45, 7) is 0.642. The van der Waals surface area contributed by atoms with E-state index in [1.807, 2.05) is 12.1 Å². The van der Waals surface area contributed by atoms with E-state index in [0.717, 1.165) is 19.3 Å². The summed E-state index contributed by atoms with van der Waals surface area (Å²) < 4.78 is 5.12. The Labute approximate surface area is 120 Å². The monoisotopic (exact) mass is 284 g/mol. The fourth-order valence-electron chi connectivity index (χ4n) is 2.53. The van der Waals surface area contributed by atoms with Crippen LogP contribution in [0, 0.1) is 5.92 Å². The molecule has 1 aliphatic rings. The molecule has 19 heavy (non-hydrogen) atoms. The third-order valence-corrected chi connectivity index (χ3v) is 3.61. The molecule has 1 aromatic carbocycles. The van der Waals surface area contributed by atoms with Gasteiger partial charge in [0.05, 0.1) is 7.11 Å². The zero-order valence-electron chi connectivity index (χ0n) is 11.1. The fourth-order valence-corrected chi connectivity index (χ4v) is 2.53. The van der Waals surface area contributed by atoms with Crippen LogP contribution in [-0.2, 0) is 0 Å². The van der Waals surface area contributed by atoms with Gasteiger partial charge in [0.1, 0.15) is 5.75 Å². The zero-order chi connectivity index (χ0) is 13.0. The normalized spacial score (nSPS) is 21.6. The van der Waals surface area contributed by atoms with Crippen molar-refractivity contribution in [1.82, 2.24) is 5.32 Å². The van der Waals surface area contributed by atoms with Gasteiger partial charge < -0.3 is 15.8 Å². The molecule has 5 heteroatoms. The van der Waals surface area contributed by atoms with Crippen molar-refractivity contribution < 1.29 is 9.53 Å². The highest BCUT2D eigenvalue weighted by atomic mass is 35.5. The predicted molar refractivity (Wildman–Crippen MR) is 77.9 cm³/mol. The van der Waals surface area contributed by atoms with Gasteiger partial charge in [0, 0.05) is 11.6 Å². The Kier molecular flexibility index (Phi) is 6.12. The van der Waals surface area contributed by atoms with Gasteiger partial charge in [-0.1, -0.05) is 12.5 Å². The Morgan fingerprint density at radius 2 is 2.26 bits per heavy atom. The van der Waals surface area contributed by atoms with Crippen molar-refractivity contribution in [3.63, 3.8) is 0 Å². The van der Waals surface area contributed by atoms with Gasteiger partial charge in [-0.05, 0) is 43.5 Å². The van der Waals surface area contributed by atoms with E-state index in [1.54, 1.807) is 19.2 Å². The topological polar surface area (TPSA) is 64.3 Å². The maximum atomic E-state index is 12.1. The van der Waals surface area contributed by atoms with Crippen LogP contribution in [0.3, 0.4) is 0 Å². The van der Waals surface area contributed by atoms with Crippen LogP contribution in [0.15, 0.2) is 24.3 Å². The molecule has 0 bridgehead atoms. The summed E-state index contributed by atoms with van der Waals surface area (Å²) in [6, 6.07) is 7.41. The van der Waals surface area contributed by atoms with Crippen LogP contribution in [0.25, 0.3) is 0 Å². The number of methoxy groups -OCH3 is 1. The molecular formula is C14H21ClN2O2.